The number of thiazole rings is 1. The number of nitrogens with one attached hydrogen (secondary N) is 1. The Morgan fingerprint density at radius 2 is 1.95 bits per heavy atom. The largest absolute Gasteiger partial charge is 0.311 e. The van der Waals surface area contributed by atoms with E-state index in [2.05, 4.69) is 48.6 Å². The number of fused-ring (bicyclic) bond motifs is 1. The molecule has 21 heavy (non-hydrogen) atoms. The smallest absolute Gasteiger partial charge is 0.194 e. The number of nitrogens with zero attached hydrogens (tertiary/aromatic N) is 2. The van der Waals surface area contributed by atoms with Crippen LogP contribution in [0, 0.1) is 19.8 Å². The van der Waals surface area contributed by atoms with E-state index in [9.17, 15) is 0 Å². The lowest BCUT2D eigenvalue weighted by Gasteiger charge is -2.06. The van der Waals surface area contributed by atoms with Crippen molar-refractivity contribution in [3.05, 3.63) is 22.5 Å². The van der Waals surface area contributed by atoms with E-state index in [-0.39, 0.29) is 0 Å². The van der Waals surface area contributed by atoms with Crippen LogP contribution in [-0.4, -0.2) is 15.9 Å². The summed E-state index contributed by atoms with van der Waals surface area (Å²) in [5.41, 5.74) is 2.47. The molecule has 2 rings (SSSR count). The van der Waals surface area contributed by atoms with Gasteiger partial charge in [-0.1, -0.05) is 39.5 Å². The molecule has 4 heteroatoms. The van der Waals surface area contributed by atoms with E-state index in [1.54, 1.807) is 11.3 Å². The van der Waals surface area contributed by atoms with Crippen LogP contribution in [0.5, 0.6) is 0 Å². The summed E-state index contributed by atoms with van der Waals surface area (Å²) >= 11 is 1.77. The molecule has 0 saturated heterocycles. The molecule has 0 bridgehead atoms. The molecule has 0 radical (unpaired) electrons. The predicted octanol–water partition coefficient (Wildman–Crippen LogP) is 4.71. The third kappa shape index (κ3) is 4.82. The molecular weight excluding hydrogens is 278 g/mol. The Balaban J connectivity index is 1.67. The fourth-order valence-electron chi connectivity index (χ4n) is 2.68. The molecule has 0 amide bonds. The Hall–Kier alpha value is -0.870. The van der Waals surface area contributed by atoms with E-state index in [1.165, 1.54) is 42.7 Å². The maximum atomic E-state index is 4.63. The van der Waals surface area contributed by atoms with Crippen molar-refractivity contribution in [1.29, 1.82) is 0 Å². The van der Waals surface area contributed by atoms with Crippen molar-refractivity contribution in [2.24, 2.45) is 5.92 Å². The lowest BCUT2D eigenvalue weighted by molar-refractivity contribution is 0.511. The minimum absolute atomic E-state index is 0.851. The van der Waals surface area contributed by atoms with Crippen LogP contribution < -0.4 is 5.32 Å². The van der Waals surface area contributed by atoms with E-state index < -0.39 is 0 Å². The van der Waals surface area contributed by atoms with E-state index in [0.717, 1.165) is 29.7 Å². The van der Waals surface area contributed by atoms with Crippen LogP contribution in [0.25, 0.3) is 4.96 Å². The summed E-state index contributed by atoms with van der Waals surface area (Å²) < 4.78 is 2.24. The van der Waals surface area contributed by atoms with Gasteiger partial charge in [-0.3, -0.25) is 4.40 Å². The molecule has 0 atom stereocenters. The van der Waals surface area contributed by atoms with Gasteiger partial charge in [-0.05, 0) is 32.7 Å². The van der Waals surface area contributed by atoms with Crippen molar-refractivity contribution in [2.45, 2.75) is 66.3 Å². The molecule has 1 N–H and O–H groups in total. The van der Waals surface area contributed by atoms with Gasteiger partial charge < -0.3 is 5.32 Å². The molecule has 0 aromatic carbocycles. The molecule has 2 heterocycles. The summed E-state index contributed by atoms with van der Waals surface area (Å²) in [6.07, 6.45) is 8.95. The first-order chi connectivity index (χ1) is 10.1. The zero-order chi connectivity index (χ0) is 15.2. The van der Waals surface area contributed by atoms with Crippen molar-refractivity contribution in [2.75, 3.05) is 6.54 Å². The second-order valence-corrected chi connectivity index (χ2v) is 7.63. The predicted molar refractivity (Wildman–Crippen MR) is 92.2 cm³/mol. The third-order valence-corrected chi connectivity index (χ3v) is 4.82. The summed E-state index contributed by atoms with van der Waals surface area (Å²) in [6, 6.07) is 0. The van der Waals surface area contributed by atoms with E-state index in [4.69, 9.17) is 0 Å². The van der Waals surface area contributed by atoms with Crippen LogP contribution in [-0.2, 0) is 6.54 Å². The van der Waals surface area contributed by atoms with Crippen molar-refractivity contribution in [1.82, 2.24) is 14.7 Å². The number of imidazole rings is 1. The summed E-state index contributed by atoms with van der Waals surface area (Å²) in [6.45, 7) is 10.9. The number of hydrogen-bond acceptors (Lipinski definition) is 3. The van der Waals surface area contributed by atoms with Crippen LogP contribution in [0.2, 0.25) is 0 Å². The standard InChI is InChI=1S/C17H29N3S/c1-13(2)9-7-5-6-8-10-18-11-16-15(4)19-17-20(16)12-14(3)21-17/h12-13,18H,5-11H2,1-4H3. The highest BCUT2D eigenvalue weighted by atomic mass is 32.1. The van der Waals surface area contributed by atoms with Gasteiger partial charge in [-0.2, -0.15) is 0 Å². The fourth-order valence-corrected chi connectivity index (χ4v) is 3.57. The monoisotopic (exact) mass is 307 g/mol. The number of unbranched alkanes of at least 4 members (excludes halogenated alkanes) is 3. The minimum Gasteiger partial charge on any atom is -0.311 e. The number of aryl methyl sites for hydroxylation is 2. The lowest BCUT2D eigenvalue weighted by atomic mass is 10.0. The SMILES string of the molecule is Cc1cn2c(CNCCCCCCC(C)C)c(C)nc2s1. The van der Waals surface area contributed by atoms with Gasteiger partial charge in [0.2, 0.25) is 0 Å². The Bertz CT molecular complexity index is 554. The first-order valence-electron chi connectivity index (χ1n) is 8.22. The van der Waals surface area contributed by atoms with Gasteiger partial charge in [0.1, 0.15) is 0 Å². The molecule has 0 spiro atoms. The number of rotatable bonds is 9. The molecule has 2 aromatic heterocycles. The Labute approximate surface area is 132 Å². The van der Waals surface area contributed by atoms with Crippen molar-refractivity contribution >= 4 is 16.3 Å². The molecule has 3 nitrogen and oxygen atoms in total. The maximum absolute atomic E-state index is 4.63. The summed E-state index contributed by atoms with van der Waals surface area (Å²) in [7, 11) is 0. The maximum Gasteiger partial charge on any atom is 0.194 e. The van der Waals surface area contributed by atoms with Gasteiger partial charge >= 0.3 is 0 Å². The van der Waals surface area contributed by atoms with E-state index >= 15 is 0 Å². The Morgan fingerprint density at radius 1 is 1.19 bits per heavy atom. The van der Waals surface area contributed by atoms with Crippen molar-refractivity contribution in [3.63, 3.8) is 0 Å². The molecule has 0 aliphatic rings. The van der Waals surface area contributed by atoms with Gasteiger partial charge in [0.05, 0.1) is 11.4 Å². The Morgan fingerprint density at radius 3 is 2.71 bits per heavy atom. The molecule has 0 fully saturated rings. The van der Waals surface area contributed by atoms with E-state index in [1.807, 2.05) is 0 Å². The molecule has 118 valence electrons. The Kier molecular flexibility index (Phi) is 6.24. The first kappa shape index (κ1) is 16.5. The van der Waals surface area contributed by atoms with Crippen molar-refractivity contribution in [3.8, 4) is 0 Å². The average Bonchev–Trinajstić information content (AvgIpc) is 2.89. The van der Waals surface area contributed by atoms with Gasteiger partial charge in [0.25, 0.3) is 0 Å². The molecule has 0 aliphatic carbocycles. The highest BCUT2D eigenvalue weighted by Crippen LogP contribution is 2.20. The molecule has 0 aliphatic heterocycles. The molecule has 2 aromatic rings. The normalized spacial score (nSPS) is 11.9. The van der Waals surface area contributed by atoms with Crippen molar-refractivity contribution < 1.29 is 0 Å². The zero-order valence-corrected chi connectivity index (χ0v) is 14.7. The zero-order valence-electron chi connectivity index (χ0n) is 13.9. The summed E-state index contributed by atoms with van der Waals surface area (Å²) in [4.78, 5) is 7.08. The molecule has 0 unspecified atom stereocenters. The van der Waals surface area contributed by atoms with Gasteiger partial charge in [0, 0.05) is 17.6 Å². The van der Waals surface area contributed by atoms with Crippen LogP contribution in [0.15, 0.2) is 6.20 Å². The second-order valence-electron chi connectivity index (χ2n) is 6.41. The summed E-state index contributed by atoms with van der Waals surface area (Å²) in [5, 5.41) is 3.57. The first-order valence-corrected chi connectivity index (χ1v) is 9.04. The van der Waals surface area contributed by atoms with Crippen LogP contribution in [0.4, 0.5) is 0 Å². The van der Waals surface area contributed by atoms with Gasteiger partial charge in [-0.25, -0.2) is 4.98 Å². The quantitative estimate of drug-likeness (QED) is 0.680. The van der Waals surface area contributed by atoms with Gasteiger partial charge in [-0.15, -0.1) is 11.3 Å². The van der Waals surface area contributed by atoms with Crippen LogP contribution in [0.1, 0.15) is 62.2 Å². The summed E-state index contributed by atoms with van der Waals surface area (Å²) in [5.74, 6) is 0.851. The van der Waals surface area contributed by atoms with Gasteiger partial charge in [0.15, 0.2) is 4.96 Å². The van der Waals surface area contributed by atoms with E-state index in [0.29, 0.717) is 0 Å². The number of hydrogen-bond donors (Lipinski definition) is 1. The van der Waals surface area contributed by atoms with Crippen LogP contribution in [0.3, 0.4) is 0 Å². The average molecular weight is 308 g/mol. The lowest BCUT2D eigenvalue weighted by Crippen LogP contribution is -2.16. The fraction of sp³-hybridized carbons (Fsp3) is 0.706. The second kappa shape index (κ2) is 7.95. The number of aromatic nitrogens is 2. The molecule has 0 saturated carbocycles. The minimum atomic E-state index is 0.851. The molecular formula is C17H29N3S. The topological polar surface area (TPSA) is 29.3 Å². The van der Waals surface area contributed by atoms with Crippen LogP contribution >= 0.6 is 11.3 Å². The highest BCUT2D eigenvalue weighted by molar-refractivity contribution is 7.17. The third-order valence-electron chi connectivity index (χ3n) is 3.92. The highest BCUT2D eigenvalue weighted by Gasteiger charge is 2.10.